The molecule has 10 nitrogen and oxygen atoms in total. The number of thioether (sulfide) groups is 1. The quantitative estimate of drug-likeness (QED) is 0.0556. The Morgan fingerprint density at radius 3 is 2.43 bits per heavy atom. The molecule has 0 aliphatic carbocycles. The first-order valence-corrected chi connectivity index (χ1v) is 16.2. The fourth-order valence-corrected chi connectivity index (χ4v) is 6.18. The summed E-state index contributed by atoms with van der Waals surface area (Å²) in [6, 6.07) is 28.3. The number of hydrogen-bond acceptors (Lipinski definition) is 8. The first-order chi connectivity index (χ1) is 22.7. The zero-order chi connectivity index (χ0) is 33.3. The molecule has 0 radical (unpaired) electrons. The summed E-state index contributed by atoms with van der Waals surface area (Å²) < 4.78 is 0. The molecule has 0 saturated heterocycles. The number of para-hydroxylation sites is 1. The third kappa shape index (κ3) is 8.70. The Kier molecular flexibility index (Phi) is 10.8. The number of hydrogen-bond donors (Lipinski definition) is 3. The molecule has 5 aromatic rings. The van der Waals surface area contributed by atoms with E-state index in [-0.39, 0.29) is 22.9 Å². The van der Waals surface area contributed by atoms with Crippen LogP contribution >= 0.6 is 34.7 Å². The van der Waals surface area contributed by atoms with Gasteiger partial charge in [-0.2, -0.15) is 0 Å². The van der Waals surface area contributed by atoms with Gasteiger partial charge in [0.15, 0.2) is 5.13 Å². The van der Waals surface area contributed by atoms with E-state index in [4.69, 9.17) is 11.6 Å². The summed E-state index contributed by atoms with van der Waals surface area (Å²) in [4.78, 5) is 55.7. The van der Waals surface area contributed by atoms with Crippen molar-refractivity contribution in [2.24, 2.45) is 0 Å². The van der Waals surface area contributed by atoms with Crippen LogP contribution in [0, 0.1) is 10.1 Å². The van der Waals surface area contributed by atoms with Crippen LogP contribution in [0.1, 0.15) is 22.8 Å². The third-order valence-electron chi connectivity index (χ3n) is 6.62. The van der Waals surface area contributed by atoms with Crippen molar-refractivity contribution in [1.29, 1.82) is 0 Å². The summed E-state index contributed by atoms with van der Waals surface area (Å²) in [5.41, 5.74) is 1.84. The molecule has 47 heavy (non-hydrogen) atoms. The van der Waals surface area contributed by atoms with Gasteiger partial charge in [0.1, 0.15) is 5.70 Å². The monoisotopic (exact) mass is 683 g/mol. The Bertz CT molecular complexity index is 1980. The van der Waals surface area contributed by atoms with Gasteiger partial charge in [0.25, 0.3) is 17.5 Å². The van der Waals surface area contributed by atoms with Gasteiger partial charge in [-0.3, -0.25) is 24.5 Å². The van der Waals surface area contributed by atoms with Crippen LogP contribution in [0.5, 0.6) is 0 Å². The van der Waals surface area contributed by atoms with Crippen LogP contribution in [-0.2, 0) is 9.59 Å². The highest BCUT2D eigenvalue weighted by Crippen LogP contribution is 2.31. The molecule has 1 heterocycles. The second-order valence-electron chi connectivity index (χ2n) is 9.94. The van der Waals surface area contributed by atoms with Gasteiger partial charge in [0.2, 0.25) is 5.91 Å². The lowest BCUT2D eigenvalue weighted by molar-refractivity contribution is -0.385. The summed E-state index contributed by atoms with van der Waals surface area (Å²) in [5, 5.41) is 22.1. The number of benzene rings is 4. The fourth-order valence-electron chi connectivity index (χ4n) is 4.31. The summed E-state index contributed by atoms with van der Waals surface area (Å²) in [7, 11) is 0. The van der Waals surface area contributed by atoms with Gasteiger partial charge in [-0.15, -0.1) is 23.1 Å². The minimum Gasteiger partial charge on any atom is -0.321 e. The van der Waals surface area contributed by atoms with Crippen LogP contribution in [0.3, 0.4) is 0 Å². The molecule has 1 aromatic heterocycles. The number of anilines is 2. The van der Waals surface area contributed by atoms with E-state index in [1.54, 1.807) is 73.7 Å². The molecule has 0 spiro atoms. The van der Waals surface area contributed by atoms with Gasteiger partial charge >= 0.3 is 0 Å². The number of nitro benzene ring substituents is 1. The first-order valence-electron chi connectivity index (χ1n) is 14.1. The molecule has 13 heteroatoms. The SMILES string of the molecule is CC(Sc1cccc(NC(=O)/C(=C\c2ccccc2[N+](=O)[O-])NC(=O)c2ccccc2)c1)C(=O)Nc1nc(-c2ccccc2Cl)cs1. The van der Waals surface area contributed by atoms with Gasteiger partial charge in [-0.25, -0.2) is 4.98 Å². The Morgan fingerprint density at radius 1 is 0.936 bits per heavy atom. The standard InChI is InChI=1S/C34H26ClN5O5S2/c1-21(31(41)39-34-38-29(20-46-34)26-15-6-7-16-27(26)35)47-25-14-9-13-24(19-25)36-33(43)28(37-32(42)22-10-3-2-4-11-22)18-23-12-5-8-17-30(23)40(44)45/h2-21H,1H3,(H,36,43)(H,37,42)(H,38,39,41)/b28-18+. The summed E-state index contributed by atoms with van der Waals surface area (Å²) in [6.45, 7) is 1.75. The summed E-state index contributed by atoms with van der Waals surface area (Å²) in [6.07, 6.45) is 1.26. The second kappa shape index (κ2) is 15.3. The highest BCUT2D eigenvalue weighted by molar-refractivity contribution is 8.00. The van der Waals surface area contributed by atoms with Crippen molar-refractivity contribution in [2.75, 3.05) is 10.6 Å². The van der Waals surface area contributed by atoms with E-state index in [2.05, 4.69) is 20.9 Å². The van der Waals surface area contributed by atoms with Crippen LogP contribution in [0.15, 0.2) is 119 Å². The van der Waals surface area contributed by atoms with Crippen molar-refractivity contribution in [3.63, 3.8) is 0 Å². The van der Waals surface area contributed by atoms with Crippen molar-refractivity contribution in [1.82, 2.24) is 10.3 Å². The molecule has 236 valence electrons. The number of carbonyl (C=O) groups excluding carboxylic acids is 3. The molecule has 0 aliphatic heterocycles. The Hall–Kier alpha value is -5.30. The molecule has 5 rings (SSSR count). The zero-order valence-corrected chi connectivity index (χ0v) is 27.1. The Labute approximate surface area is 283 Å². The number of carbonyl (C=O) groups is 3. The van der Waals surface area contributed by atoms with Crippen molar-refractivity contribution in [2.45, 2.75) is 17.1 Å². The largest absolute Gasteiger partial charge is 0.321 e. The number of halogens is 1. The molecule has 0 saturated carbocycles. The molecule has 1 atom stereocenters. The fraction of sp³-hybridized carbons (Fsp3) is 0.0588. The lowest BCUT2D eigenvalue weighted by atomic mass is 10.1. The van der Waals surface area contributed by atoms with E-state index in [1.807, 2.05) is 23.6 Å². The minimum absolute atomic E-state index is 0.138. The van der Waals surface area contributed by atoms with Crippen molar-refractivity contribution in [3.05, 3.63) is 140 Å². The molecule has 1 unspecified atom stereocenters. The van der Waals surface area contributed by atoms with Crippen molar-refractivity contribution in [3.8, 4) is 11.3 Å². The van der Waals surface area contributed by atoms with Crippen LogP contribution in [0.25, 0.3) is 17.3 Å². The molecule has 0 aliphatic rings. The Balaban J connectivity index is 1.29. The van der Waals surface area contributed by atoms with E-state index in [1.165, 1.54) is 47.4 Å². The van der Waals surface area contributed by atoms with Crippen molar-refractivity contribution < 1.29 is 19.3 Å². The number of rotatable bonds is 11. The normalized spacial score (nSPS) is 11.7. The zero-order valence-electron chi connectivity index (χ0n) is 24.7. The number of nitrogens with zero attached hydrogens (tertiary/aromatic N) is 2. The number of thiazole rings is 1. The lowest BCUT2D eigenvalue weighted by Crippen LogP contribution is -2.30. The number of aromatic nitrogens is 1. The first kappa shape index (κ1) is 33.1. The topological polar surface area (TPSA) is 143 Å². The maximum Gasteiger partial charge on any atom is 0.276 e. The highest BCUT2D eigenvalue weighted by atomic mass is 35.5. The average Bonchev–Trinajstić information content (AvgIpc) is 3.53. The molecule has 3 amide bonds. The number of nitro groups is 1. The van der Waals surface area contributed by atoms with Crippen LogP contribution in [-0.4, -0.2) is 32.9 Å². The molecule has 0 fully saturated rings. The Morgan fingerprint density at radius 2 is 1.66 bits per heavy atom. The van der Waals surface area contributed by atoms with E-state index >= 15 is 0 Å². The molecule has 3 N–H and O–H groups in total. The van der Waals surface area contributed by atoms with Gasteiger partial charge < -0.3 is 16.0 Å². The predicted molar refractivity (Wildman–Crippen MR) is 187 cm³/mol. The summed E-state index contributed by atoms with van der Waals surface area (Å²) >= 11 is 8.85. The predicted octanol–water partition coefficient (Wildman–Crippen LogP) is 7.90. The van der Waals surface area contributed by atoms with E-state index in [0.717, 1.165) is 5.56 Å². The second-order valence-corrected chi connectivity index (χ2v) is 12.6. The maximum atomic E-state index is 13.5. The van der Waals surface area contributed by atoms with Crippen LogP contribution in [0.4, 0.5) is 16.5 Å². The summed E-state index contributed by atoms with van der Waals surface area (Å²) in [5.74, 6) is -1.52. The lowest BCUT2D eigenvalue weighted by Gasteiger charge is -2.13. The van der Waals surface area contributed by atoms with E-state index in [9.17, 15) is 24.5 Å². The van der Waals surface area contributed by atoms with Gasteiger partial charge in [-0.05, 0) is 55.5 Å². The molecule has 0 bridgehead atoms. The van der Waals surface area contributed by atoms with E-state index in [0.29, 0.717) is 32.0 Å². The third-order valence-corrected chi connectivity index (χ3v) is 8.80. The minimum atomic E-state index is -0.696. The van der Waals surface area contributed by atoms with Crippen LogP contribution < -0.4 is 16.0 Å². The molecule has 4 aromatic carbocycles. The highest BCUT2D eigenvalue weighted by Gasteiger charge is 2.20. The average molecular weight is 684 g/mol. The van der Waals surface area contributed by atoms with Gasteiger partial charge in [0.05, 0.1) is 21.4 Å². The van der Waals surface area contributed by atoms with Crippen molar-refractivity contribution >= 4 is 75.0 Å². The smallest absolute Gasteiger partial charge is 0.276 e. The number of amides is 3. The van der Waals surface area contributed by atoms with Gasteiger partial charge in [-0.1, -0.05) is 66.2 Å². The molecular weight excluding hydrogens is 658 g/mol. The maximum absolute atomic E-state index is 13.5. The van der Waals surface area contributed by atoms with E-state index < -0.39 is 22.0 Å². The number of nitrogens with one attached hydrogen (secondary N) is 3. The van der Waals surface area contributed by atoms with Crippen LogP contribution in [0.2, 0.25) is 5.02 Å². The molecular formula is C34H26ClN5O5S2. The van der Waals surface area contributed by atoms with Gasteiger partial charge in [0, 0.05) is 38.2 Å².